The van der Waals surface area contributed by atoms with Gasteiger partial charge in [-0.25, -0.2) is 9.37 Å². The first-order valence-electron chi connectivity index (χ1n) is 6.42. The second-order valence-electron chi connectivity index (χ2n) is 4.57. The molecule has 0 radical (unpaired) electrons. The van der Waals surface area contributed by atoms with Gasteiger partial charge in [0.05, 0.1) is 5.02 Å². The summed E-state index contributed by atoms with van der Waals surface area (Å²) in [7, 11) is 0. The monoisotopic (exact) mass is 335 g/mol. The predicted molar refractivity (Wildman–Crippen MR) is 85.5 cm³/mol. The molecule has 0 unspecified atom stereocenters. The van der Waals surface area contributed by atoms with Gasteiger partial charge >= 0.3 is 0 Å². The van der Waals surface area contributed by atoms with Crippen LogP contribution < -0.4 is 5.32 Å². The molecule has 1 amide bonds. The minimum Gasteiger partial charge on any atom is -0.321 e. The Bertz CT molecular complexity index is 829. The van der Waals surface area contributed by atoms with Gasteiger partial charge in [-0.15, -0.1) is 11.3 Å². The zero-order valence-electron chi connectivity index (χ0n) is 11.5. The number of thiazole rings is 1. The number of aryl methyl sites for hydroxylation is 1. The molecule has 3 rings (SSSR count). The molecule has 0 atom stereocenters. The molecule has 22 heavy (non-hydrogen) atoms. The fraction of sp³-hybridized carbons (Fsp3) is 0.0667. The molecule has 3 aromatic rings. The van der Waals surface area contributed by atoms with Crippen LogP contribution in [0.15, 0.2) is 42.7 Å². The van der Waals surface area contributed by atoms with E-state index in [1.54, 1.807) is 0 Å². The fourth-order valence-electron chi connectivity index (χ4n) is 1.93. The first kappa shape index (κ1) is 14.7. The van der Waals surface area contributed by atoms with Gasteiger partial charge in [-0.3, -0.25) is 4.79 Å². The molecule has 0 bridgehead atoms. The first-order valence-corrected chi connectivity index (χ1v) is 7.61. The minimum absolute atomic E-state index is 0.0409. The summed E-state index contributed by atoms with van der Waals surface area (Å²) in [6.07, 6.45) is 3.72. The maximum absolute atomic E-state index is 13.1. The molecule has 112 valence electrons. The summed E-state index contributed by atoms with van der Waals surface area (Å²) in [5.41, 5.74) is 0.764. The summed E-state index contributed by atoms with van der Waals surface area (Å²) < 4.78 is 15.0. The van der Waals surface area contributed by atoms with Crippen LogP contribution >= 0.6 is 22.9 Å². The van der Waals surface area contributed by atoms with E-state index in [0.29, 0.717) is 16.5 Å². The Morgan fingerprint density at radius 1 is 1.36 bits per heavy atom. The molecule has 4 nitrogen and oxygen atoms in total. The molecule has 7 heteroatoms. The number of hydrogen-bond donors (Lipinski definition) is 1. The number of rotatable bonds is 3. The zero-order valence-corrected chi connectivity index (χ0v) is 13.1. The molecular formula is C15H11ClFN3OS. The molecule has 1 aromatic carbocycles. The van der Waals surface area contributed by atoms with Crippen LogP contribution in [-0.4, -0.2) is 15.5 Å². The van der Waals surface area contributed by atoms with Gasteiger partial charge in [0.25, 0.3) is 5.91 Å². The number of amides is 1. The molecule has 1 N–H and O–H groups in total. The van der Waals surface area contributed by atoms with E-state index in [1.807, 2.05) is 36.0 Å². The number of hydrogen-bond acceptors (Lipinski definition) is 3. The third-order valence-corrected chi connectivity index (χ3v) is 4.28. The van der Waals surface area contributed by atoms with Gasteiger partial charge in [-0.05, 0) is 37.3 Å². The van der Waals surface area contributed by atoms with Crippen molar-refractivity contribution in [3.05, 3.63) is 64.1 Å². The normalized spacial score (nSPS) is 10.7. The van der Waals surface area contributed by atoms with E-state index < -0.39 is 5.82 Å². The number of anilines is 1. The van der Waals surface area contributed by atoms with E-state index in [1.165, 1.54) is 29.5 Å². The smallest absolute Gasteiger partial charge is 0.275 e. The average Bonchev–Trinajstić information content (AvgIpc) is 3.12. The Morgan fingerprint density at radius 3 is 2.77 bits per heavy atom. The summed E-state index contributed by atoms with van der Waals surface area (Å²) in [5, 5.41) is 3.34. The van der Waals surface area contributed by atoms with Crippen molar-refractivity contribution < 1.29 is 9.18 Å². The van der Waals surface area contributed by atoms with Crippen molar-refractivity contribution in [3.8, 4) is 5.13 Å². The second-order valence-corrected chi connectivity index (χ2v) is 6.16. The molecular weight excluding hydrogens is 325 g/mol. The van der Waals surface area contributed by atoms with Crippen LogP contribution in [0.4, 0.5) is 10.1 Å². The van der Waals surface area contributed by atoms with E-state index in [9.17, 15) is 9.18 Å². The quantitative estimate of drug-likeness (QED) is 0.776. The number of aromatic nitrogens is 2. The second kappa shape index (κ2) is 5.90. The molecule has 0 aliphatic rings. The van der Waals surface area contributed by atoms with Gasteiger partial charge in [-0.1, -0.05) is 11.6 Å². The van der Waals surface area contributed by atoms with Crippen LogP contribution in [0.25, 0.3) is 5.13 Å². The fourth-order valence-corrected chi connectivity index (χ4v) is 2.98. The van der Waals surface area contributed by atoms with E-state index in [0.717, 1.165) is 4.88 Å². The zero-order chi connectivity index (χ0) is 15.7. The first-order chi connectivity index (χ1) is 10.5. The Hall–Kier alpha value is -2.18. The van der Waals surface area contributed by atoms with Crippen LogP contribution in [-0.2, 0) is 0 Å². The molecule has 0 fully saturated rings. The van der Waals surface area contributed by atoms with Crippen LogP contribution in [0.2, 0.25) is 5.02 Å². The number of nitrogens with zero attached hydrogens (tertiary/aromatic N) is 2. The van der Waals surface area contributed by atoms with Crippen molar-refractivity contribution in [1.29, 1.82) is 0 Å². The topological polar surface area (TPSA) is 46.9 Å². The molecule has 0 aliphatic heterocycles. The lowest BCUT2D eigenvalue weighted by atomic mass is 10.3. The maximum atomic E-state index is 13.1. The van der Waals surface area contributed by atoms with Gasteiger partial charge in [0, 0.05) is 23.0 Å². The van der Waals surface area contributed by atoms with Gasteiger partial charge in [0.1, 0.15) is 11.5 Å². The van der Waals surface area contributed by atoms with Crippen molar-refractivity contribution in [2.24, 2.45) is 0 Å². The van der Waals surface area contributed by atoms with Gasteiger partial charge in [-0.2, -0.15) is 0 Å². The molecule has 0 spiro atoms. The Labute approximate surface area is 135 Å². The van der Waals surface area contributed by atoms with Crippen molar-refractivity contribution in [2.45, 2.75) is 6.92 Å². The highest BCUT2D eigenvalue weighted by Gasteiger charge is 2.16. The maximum Gasteiger partial charge on any atom is 0.275 e. The van der Waals surface area contributed by atoms with Crippen molar-refractivity contribution in [2.75, 3.05) is 5.32 Å². The molecule has 2 aromatic heterocycles. The highest BCUT2D eigenvalue weighted by molar-refractivity contribution is 7.14. The highest BCUT2D eigenvalue weighted by Crippen LogP contribution is 2.23. The van der Waals surface area contributed by atoms with Crippen molar-refractivity contribution in [3.63, 3.8) is 0 Å². The number of halogens is 2. The van der Waals surface area contributed by atoms with Gasteiger partial charge < -0.3 is 9.88 Å². The predicted octanol–water partition coefficient (Wildman–Crippen LogP) is 4.29. The van der Waals surface area contributed by atoms with Crippen LogP contribution in [0.3, 0.4) is 0 Å². The minimum atomic E-state index is -0.528. The number of carbonyl (C=O) groups excluding carboxylic acids is 1. The van der Waals surface area contributed by atoms with E-state index in [-0.39, 0.29) is 10.9 Å². The van der Waals surface area contributed by atoms with E-state index in [2.05, 4.69) is 10.3 Å². The summed E-state index contributed by atoms with van der Waals surface area (Å²) in [4.78, 5) is 17.5. The largest absolute Gasteiger partial charge is 0.321 e. The number of carbonyl (C=O) groups is 1. The molecule has 0 aliphatic carbocycles. The molecule has 2 heterocycles. The lowest BCUT2D eigenvalue weighted by molar-refractivity contribution is 0.102. The summed E-state index contributed by atoms with van der Waals surface area (Å²) in [6.45, 7) is 1.83. The third-order valence-electron chi connectivity index (χ3n) is 3.00. The summed E-state index contributed by atoms with van der Waals surface area (Å²) >= 11 is 7.12. The molecule has 0 saturated carbocycles. The van der Waals surface area contributed by atoms with Crippen LogP contribution in [0.5, 0.6) is 0 Å². The number of nitrogens with one attached hydrogen (secondary N) is 1. The van der Waals surface area contributed by atoms with Crippen molar-refractivity contribution >= 4 is 34.5 Å². The van der Waals surface area contributed by atoms with Crippen LogP contribution in [0, 0.1) is 12.7 Å². The third kappa shape index (κ3) is 2.88. The molecule has 0 saturated heterocycles. The van der Waals surface area contributed by atoms with Gasteiger partial charge in [0.2, 0.25) is 0 Å². The Morgan fingerprint density at radius 2 is 2.09 bits per heavy atom. The Balaban J connectivity index is 1.84. The van der Waals surface area contributed by atoms with E-state index in [4.69, 9.17) is 11.6 Å². The van der Waals surface area contributed by atoms with Gasteiger partial charge in [0.15, 0.2) is 5.13 Å². The lowest BCUT2D eigenvalue weighted by Gasteiger charge is -2.04. The lowest BCUT2D eigenvalue weighted by Crippen LogP contribution is -2.13. The highest BCUT2D eigenvalue weighted by atomic mass is 35.5. The summed E-state index contributed by atoms with van der Waals surface area (Å²) in [6, 6.07) is 7.79. The standard InChI is InChI=1S/C15H11ClFN3OS/c1-9-13(19-15(22-9)20-6-2-3-7-20)14(21)18-10-4-5-12(17)11(16)8-10/h2-8H,1H3,(H,18,21). The number of benzene rings is 1. The van der Waals surface area contributed by atoms with E-state index >= 15 is 0 Å². The summed E-state index contributed by atoms with van der Waals surface area (Å²) in [5.74, 6) is -0.880. The average molecular weight is 336 g/mol. The SMILES string of the molecule is Cc1sc(-n2cccc2)nc1C(=O)Nc1ccc(F)c(Cl)c1. The van der Waals surface area contributed by atoms with Crippen LogP contribution in [0.1, 0.15) is 15.4 Å². The van der Waals surface area contributed by atoms with Crippen molar-refractivity contribution in [1.82, 2.24) is 9.55 Å². The Kier molecular flexibility index (Phi) is 3.96.